The fourth-order valence-electron chi connectivity index (χ4n) is 4.09. The molecule has 7 nitrogen and oxygen atoms in total. The van der Waals surface area contributed by atoms with E-state index in [-0.39, 0.29) is 10.8 Å². The summed E-state index contributed by atoms with van der Waals surface area (Å²) >= 11 is 0. The van der Waals surface area contributed by atoms with Gasteiger partial charge in [0, 0.05) is 37.4 Å². The number of hydrogen-bond acceptors (Lipinski definition) is 5. The van der Waals surface area contributed by atoms with Crippen LogP contribution in [0.4, 0.5) is 5.69 Å². The summed E-state index contributed by atoms with van der Waals surface area (Å²) in [7, 11) is -2.05. The average Bonchev–Trinajstić information content (AvgIpc) is 2.89. The molecule has 178 valence electrons. The van der Waals surface area contributed by atoms with Gasteiger partial charge in [0.15, 0.2) is 0 Å². The molecule has 0 aliphatic carbocycles. The Labute approximate surface area is 201 Å². The molecule has 3 aromatic carbocycles. The Morgan fingerprint density at radius 1 is 0.882 bits per heavy atom. The summed E-state index contributed by atoms with van der Waals surface area (Å²) in [5, 5.41) is 3.06. The van der Waals surface area contributed by atoms with Crippen LogP contribution in [0.5, 0.6) is 5.75 Å². The van der Waals surface area contributed by atoms with Crippen molar-refractivity contribution < 1.29 is 17.9 Å². The average molecular weight is 480 g/mol. The number of hydrogen-bond donors (Lipinski definition) is 1. The molecule has 1 unspecified atom stereocenters. The predicted molar refractivity (Wildman–Crippen MR) is 133 cm³/mol. The first kappa shape index (κ1) is 23.9. The first-order valence-corrected chi connectivity index (χ1v) is 12.7. The Morgan fingerprint density at radius 3 is 2.15 bits per heavy atom. The van der Waals surface area contributed by atoms with Crippen molar-refractivity contribution in [3.63, 3.8) is 0 Å². The summed E-state index contributed by atoms with van der Waals surface area (Å²) in [6.45, 7) is 3.46. The van der Waals surface area contributed by atoms with E-state index in [1.807, 2.05) is 66.4 Å². The van der Waals surface area contributed by atoms with Crippen LogP contribution in [0.15, 0.2) is 83.8 Å². The van der Waals surface area contributed by atoms with Gasteiger partial charge in [-0.2, -0.15) is 4.31 Å². The molecule has 0 spiro atoms. The first-order valence-electron chi connectivity index (χ1n) is 11.2. The lowest BCUT2D eigenvalue weighted by Gasteiger charge is -2.36. The van der Waals surface area contributed by atoms with E-state index in [2.05, 4.69) is 5.32 Å². The summed E-state index contributed by atoms with van der Waals surface area (Å²) in [4.78, 5) is 15.3. The van der Waals surface area contributed by atoms with Crippen LogP contribution < -0.4 is 10.1 Å². The van der Waals surface area contributed by atoms with Gasteiger partial charge in [-0.1, -0.05) is 48.5 Å². The van der Waals surface area contributed by atoms with Crippen LogP contribution >= 0.6 is 0 Å². The molecular formula is C26H29N3O4S. The summed E-state index contributed by atoms with van der Waals surface area (Å²) in [5.74, 6) is 0.493. The van der Waals surface area contributed by atoms with E-state index in [1.54, 1.807) is 31.4 Å². The Bertz CT molecular complexity index is 1220. The minimum atomic E-state index is -3.59. The van der Waals surface area contributed by atoms with Gasteiger partial charge >= 0.3 is 0 Å². The van der Waals surface area contributed by atoms with E-state index < -0.39 is 16.1 Å². The molecule has 4 rings (SSSR count). The minimum Gasteiger partial charge on any atom is -0.497 e. The van der Waals surface area contributed by atoms with Crippen molar-refractivity contribution in [2.24, 2.45) is 0 Å². The zero-order chi connectivity index (χ0) is 24.1. The lowest BCUT2D eigenvalue weighted by molar-refractivity contribution is -0.121. The third-order valence-electron chi connectivity index (χ3n) is 6.17. The van der Waals surface area contributed by atoms with Crippen molar-refractivity contribution in [3.8, 4) is 16.9 Å². The summed E-state index contributed by atoms with van der Waals surface area (Å²) in [6, 6.07) is 23.6. The number of amides is 1. The number of benzene rings is 3. The quantitative estimate of drug-likeness (QED) is 0.559. The van der Waals surface area contributed by atoms with Crippen LogP contribution in [0.25, 0.3) is 11.1 Å². The van der Waals surface area contributed by atoms with Crippen LogP contribution in [0, 0.1) is 0 Å². The number of anilines is 1. The third-order valence-corrected chi connectivity index (χ3v) is 8.08. The van der Waals surface area contributed by atoms with Crippen LogP contribution in [-0.2, 0) is 14.8 Å². The molecule has 1 atom stereocenters. The Hall–Kier alpha value is -3.20. The number of methoxy groups -OCH3 is 1. The van der Waals surface area contributed by atoms with E-state index in [9.17, 15) is 13.2 Å². The smallest absolute Gasteiger partial charge is 0.243 e. The number of rotatable bonds is 7. The number of para-hydroxylation sites is 1. The highest BCUT2D eigenvalue weighted by Crippen LogP contribution is 2.28. The molecule has 3 aromatic rings. The zero-order valence-electron chi connectivity index (χ0n) is 19.3. The SMILES string of the molecule is COc1ccc(S(=O)(=O)N2CCN(C(C)C(=O)Nc3ccccc3-c3ccccc3)CC2)cc1. The largest absolute Gasteiger partial charge is 0.497 e. The van der Waals surface area contributed by atoms with Gasteiger partial charge in [-0.3, -0.25) is 9.69 Å². The maximum absolute atomic E-state index is 13.1. The molecule has 1 aliphatic heterocycles. The van der Waals surface area contributed by atoms with Crippen molar-refractivity contribution in [1.29, 1.82) is 0 Å². The number of carbonyl (C=O) groups excluding carboxylic acids is 1. The standard InChI is InChI=1S/C26H29N3O4S/c1-20(26(30)27-25-11-7-6-10-24(25)21-8-4-3-5-9-21)28-16-18-29(19-17-28)34(31,32)23-14-12-22(33-2)13-15-23/h3-15,20H,16-19H2,1-2H3,(H,27,30). The molecule has 1 N–H and O–H groups in total. The Morgan fingerprint density at radius 2 is 1.50 bits per heavy atom. The van der Waals surface area contributed by atoms with Crippen LogP contribution in [-0.4, -0.2) is 62.9 Å². The van der Waals surface area contributed by atoms with Gasteiger partial charge in [-0.05, 0) is 42.8 Å². The molecule has 8 heteroatoms. The monoisotopic (exact) mass is 479 g/mol. The molecule has 0 bridgehead atoms. The lowest BCUT2D eigenvalue weighted by Crippen LogP contribution is -2.53. The fraction of sp³-hybridized carbons (Fsp3) is 0.269. The van der Waals surface area contributed by atoms with E-state index in [0.717, 1.165) is 16.8 Å². The van der Waals surface area contributed by atoms with Gasteiger partial charge in [0.1, 0.15) is 5.75 Å². The van der Waals surface area contributed by atoms with Crippen molar-refractivity contribution in [2.75, 3.05) is 38.6 Å². The minimum absolute atomic E-state index is 0.116. The Kier molecular flexibility index (Phi) is 7.31. The highest BCUT2D eigenvalue weighted by atomic mass is 32.2. The van der Waals surface area contributed by atoms with Crippen LogP contribution in [0.1, 0.15) is 6.92 Å². The van der Waals surface area contributed by atoms with Crippen LogP contribution in [0.3, 0.4) is 0 Å². The Balaban J connectivity index is 1.39. The van der Waals surface area contributed by atoms with Gasteiger partial charge in [0.25, 0.3) is 0 Å². The van der Waals surface area contributed by atoms with Crippen molar-refractivity contribution in [1.82, 2.24) is 9.21 Å². The second kappa shape index (κ2) is 10.4. The van der Waals surface area contributed by atoms with Crippen molar-refractivity contribution >= 4 is 21.6 Å². The van der Waals surface area contributed by atoms with E-state index in [4.69, 9.17) is 4.74 Å². The molecule has 0 radical (unpaired) electrons. The van der Waals surface area contributed by atoms with Gasteiger partial charge < -0.3 is 10.1 Å². The number of piperazine rings is 1. The highest BCUT2D eigenvalue weighted by Gasteiger charge is 2.32. The fourth-order valence-corrected chi connectivity index (χ4v) is 5.51. The summed E-state index contributed by atoms with van der Waals surface area (Å²) < 4.78 is 32.6. The second-order valence-corrected chi connectivity index (χ2v) is 10.1. The molecule has 1 amide bonds. The summed E-state index contributed by atoms with van der Waals surface area (Å²) in [6.07, 6.45) is 0. The molecule has 1 heterocycles. The normalized spacial score (nSPS) is 16.1. The second-order valence-electron chi connectivity index (χ2n) is 8.19. The number of nitrogens with one attached hydrogen (secondary N) is 1. The maximum Gasteiger partial charge on any atom is 0.243 e. The molecule has 1 aliphatic rings. The number of ether oxygens (including phenoxy) is 1. The van der Waals surface area contributed by atoms with Gasteiger partial charge in [0.2, 0.25) is 15.9 Å². The summed E-state index contributed by atoms with van der Waals surface area (Å²) in [5.41, 5.74) is 2.74. The van der Waals surface area contributed by atoms with Gasteiger partial charge in [-0.15, -0.1) is 0 Å². The number of carbonyl (C=O) groups is 1. The van der Waals surface area contributed by atoms with Gasteiger partial charge in [-0.25, -0.2) is 8.42 Å². The van der Waals surface area contributed by atoms with Crippen molar-refractivity contribution in [3.05, 3.63) is 78.9 Å². The molecule has 1 fully saturated rings. The number of sulfonamides is 1. The highest BCUT2D eigenvalue weighted by molar-refractivity contribution is 7.89. The molecule has 0 aromatic heterocycles. The topological polar surface area (TPSA) is 79.0 Å². The molecular weight excluding hydrogens is 450 g/mol. The first-order chi connectivity index (χ1) is 16.4. The zero-order valence-corrected chi connectivity index (χ0v) is 20.2. The molecule has 34 heavy (non-hydrogen) atoms. The molecule has 1 saturated heterocycles. The lowest BCUT2D eigenvalue weighted by atomic mass is 10.0. The predicted octanol–water partition coefficient (Wildman–Crippen LogP) is 3.70. The maximum atomic E-state index is 13.1. The van der Waals surface area contributed by atoms with E-state index >= 15 is 0 Å². The van der Waals surface area contributed by atoms with E-state index in [1.165, 1.54) is 4.31 Å². The number of nitrogens with zero attached hydrogens (tertiary/aromatic N) is 2. The molecule has 0 saturated carbocycles. The van der Waals surface area contributed by atoms with Crippen LogP contribution in [0.2, 0.25) is 0 Å². The van der Waals surface area contributed by atoms with Gasteiger partial charge in [0.05, 0.1) is 18.0 Å². The third kappa shape index (κ3) is 5.14. The van der Waals surface area contributed by atoms with Crippen molar-refractivity contribution in [2.45, 2.75) is 17.9 Å². The van der Waals surface area contributed by atoms with E-state index in [0.29, 0.717) is 31.9 Å².